The summed E-state index contributed by atoms with van der Waals surface area (Å²) in [5, 5.41) is 9.24. The van der Waals surface area contributed by atoms with Crippen LogP contribution in [-0.4, -0.2) is 15.8 Å². The molecule has 1 heterocycles. The molecule has 0 spiro atoms. The van der Waals surface area contributed by atoms with Gasteiger partial charge in [0.15, 0.2) is 11.7 Å². The molecular weight excluding hydrogens is 238 g/mol. The molecule has 4 heteroatoms. The topological polar surface area (TPSA) is 69.5 Å². The summed E-state index contributed by atoms with van der Waals surface area (Å²) in [5.41, 5.74) is 1.50. The highest BCUT2D eigenvalue weighted by molar-refractivity contribution is 5.89. The van der Waals surface area contributed by atoms with Gasteiger partial charge in [-0.3, -0.25) is 4.79 Å². The highest BCUT2D eigenvalue weighted by Gasteiger charge is 2.27. The van der Waals surface area contributed by atoms with Gasteiger partial charge in [0.1, 0.15) is 5.82 Å². The van der Waals surface area contributed by atoms with Crippen molar-refractivity contribution in [2.75, 3.05) is 0 Å². The van der Waals surface area contributed by atoms with Crippen molar-refractivity contribution < 1.29 is 4.79 Å². The molecule has 19 heavy (non-hydrogen) atoms. The molecule has 0 saturated heterocycles. The first-order valence-corrected chi connectivity index (χ1v) is 6.28. The van der Waals surface area contributed by atoms with Crippen molar-refractivity contribution in [3.8, 4) is 6.07 Å². The summed E-state index contributed by atoms with van der Waals surface area (Å²) in [4.78, 5) is 19.6. The summed E-state index contributed by atoms with van der Waals surface area (Å²) >= 11 is 0. The second-order valence-electron chi connectivity index (χ2n) is 5.91. The zero-order valence-corrected chi connectivity index (χ0v) is 11.4. The average molecular weight is 255 g/mol. The van der Waals surface area contributed by atoms with E-state index < -0.39 is 5.92 Å². The van der Waals surface area contributed by atoms with E-state index in [1.54, 1.807) is 0 Å². The van der Waals surface area contributed by atoms with E-state index in [0.29, 0.717) is 12.2 Å². The maximum atomic E-state index is 12.2. The van der Waals surface area contributed by atoms with Gasteiger partial charge in [0.05, 0.1) is 17.1 Å². The number of hydrogen-bond acceptors (Lipinski definition) is 3. The van der Waals surface area contributed by atoms with Crippen LogP contribution in [0, 0.1) is 16.7 Å². The zero-order chi connectivity index (χ0) is 14.0. The number of nitrogens with one attached hydrogen (secondary N) is 1. The molecule has 0 bridgehead atoms. The number of imidazole rings is 1. The Kier molecular flexibility index (Phi) is 3.39. The van der Waals surface area contributed by atoms with Gasteiger partial charge in [-0.15, -0.1) is 0 Å². The van der Waals surface area contributed by atoms with Crippen LogP contribution in [0.1, 0.15) is 38.9 Å². The highest BCUT2D eigenvalue weighted by Crippen LogP contribution is 2.25. The lowest BCUT2D eigenvalue weighted by Crippen LogP contribution is -2.19. The van der Waals surface area contributed by atoms with Crippen LogP contribution in [0.25, 0.3) is 11.0 Å². The number of aromatic nitrogens is 2. The Morgan fingerprint density at radius 2 is 2.11 bits per heavy atom. The van der Waals surface area contributed by atoms with E-state index >= 15 is 0 Å². The van der Waals surface area contributed by atoms with Crippen LogP contribution < -0.4 is 0 Å². The van der Waals surface area contributed by atoms with E-state index in [4.69, 9.17) is 0 Å². The summed E-state index contributed by atoms with van der Waals surface area (Å²) in [6.07, 6.45) is 0.363. The molecule has 0 unspecified atom stereocenters. The third kappa shape index (κ3) is 3.00. The first-order chi connectivity index (χ1) is 8.90. The second-order valence-corrected chi connectivity index (χ2v) is 5.91. The molecular formula is C15H17N3O. The van der Waals surface area contributed by atoms with Crippen molar-refractivity contribution in [2.45, 2.75) is 33.1 Å². The van der Waals surface area contributed by atoms with Crippen molar-refractivity contribution in [1.82, 2.24) is 9.97 Å². The van der Waals surface area contributed by atoms with Gasteiger partial charge in [0.2, 0.25) is 0 Å². The molecule has 0 radical (unpaired) electrons. The predicted octanol–water partition coefficient (Wildman–Crippen LogP) is 3.18. The molecule has 0 aliphatic heterocycles. The molecule has 2 aromatic rings. The molecule has 0 aliphatic rings. The van der Waals surface area contributed by atoms with E-state index in [0.717, 1.165) is 11.0 Å². The number of benzene rings is 1. The van der Waals surface area contributed by atoms with Crippen LogP contribution in [0.2, 0.25) is 0 Å². The molecule has 0 aliphatic carbocycles. The minimum absolute atomic E-state index is 0.0888. The minimum atomic E-state index is -0.813. The number of aromatic amines is 1. The van der Waals surface area contributed by atoms with E-state index in [1.807, 2.05) is 45.0 Å². The lowest BCUT2D eigenvalue weighted by Gasteiger charge is -2.17. The van der Waals surface area contributed by atoms with E-state index in [1.165, 1.54) is 0 Å². The summed E-state index contributed by atoms with van der Waals surface area (Å²) in [6, 6.07) is 9.57. The number of carbonyl (C=O) groups excluding carboxylic acids is 1. The van der Waals surface area contributed by atoms with Crippen molar-refractivity contribution in [1.29, 1.82) is 5.26 Å². The number of Topliss-reactive ketones (excluding diaryl/α,β-unsaturated/α-hetero) is 1. The lowest BCUT2D eigenvalue weighted by molar-refractivity contribution is -0.121. The Labute approximate surface area is 112 Å². The van der Waals surface area contributed by atoms with Crippen molar-refractivity contribution in [2.24, 2.45) is 5.41 Å². The fraction of sp³-hybridized carbons (Fsp3) is 0.400. The summed E-state index contributed by atoms with van der Waals surface area (Å²) in [6.45, 7) is 5.95. The maximum Gasteiger partial charge on any atom is 0.162 e. The number of nitriles is 1. The summed E-state index contributed by atoms with van der Waals surface area (Å²) in [5.74, 6) is -0.460. The van der Waals surface area contributed by atoms with Crippen molar-refractivity contribution in [3.05, 3.63) is 30.1 Å². The van der Waals surface area contributed by atoms with Crippen LogP contribution in [-0.2, 0) is 4.79 Å². The Hall–Kier alpha value is -2.15. The Balaban J connectivity index is 2.32. The van der Waals surface area contributed by atoms with Crippen LogP contribution in [0.15, 0.2) is 24.3 Å². The van der Waals surface area contributed by atoms with Gasteiger partial charge in [0.25, 0.3) is 0 Å². The Bertz CT molecular complexity index is 610. The van der Waals surface area contributed by atoms with Crippen LogP contribution in [0.5, 0.6) is 0 Å². The van der Waals surface area contributed by atoms with Gasteiger partial charge in [-0.1, -0.05) is 32.9 Å². The number of para-hydroxylation sites is 2. The predicted molar refractivity (Wildman–Crippen MR) is 73.5 cm³/mol. The minimum Gasteiger partial charge on any atom is -0.340 e. The Morgan fingerprint density at radius 1 is 1.42 bits per heavy atom. The number of H-pyrrole nitrogens is 1. The summed E-state index contributed by atoms with van der Waals surface area (Å²) in [7, 11) is 0. The number of ketones is 1. The number of fused-ring (bicyclic) bond motifs is 1. The first-order valence-electron chi connectivity index (χ1n) is 6.28. The third-order valence-corrected chi connectivity index (χ3v) is 2.84. The lowest BCUT2D eigenvalue weighted by atomic mass is 9.86. The highest BCUT2D eigenvalue weighted by atomic mass is 16.1. The fourth-order valence-electron chi connectivity index (χ4n) is 2.02. The van der Waals surface area contributed by atoms with Gasteiger partial charge in [-0.05, 0) is 17.5 Å². The largest absolute Gasteiger partial charge is 0.340 e. The number of nitrogens with zero attached hydrogens (tertiary/aromatic N) is 2. The SMILES string of the molecule is CC(C)(C)CC(=O)[C@H](C#N)c1nc2ccccc2[nH]1. The zero-order valence-electron chi connectivity index (χ0n) is 11.4. The van der Waals surface area contributed by atoms with Gasteiger partial charge < -0.3 is 4.98 Å². The molecule has 1 aromatic carbocycles. The molecule has 1 aromatic heterocycles. The number of hydrogen-bond donors (Lipinski definition) is 1. The molecule has 0 saturated carbocycles. The normalized spacial score (nSPS) is 13.2. The van der Waals surface area contributed by atoms with Crippen LogP contribution in [0.3, 0.4) is 0 Å². The third-order valence-electron chi connectivity index (χ3n) is 2.84. The molecule has 2 rings (SSSR count). The van der Waals surface area contributed by atoms with Crippen molar-refractivity contribution in [3.63, 3.8) is 0 Å². The molecule has 0 fully saturated rings. The van der Waals surface area contributed by atoms with Gasteiger partial charge in [-0.25, -0.2) is 4.98 Å². The van der Waals surface area contributed by atoms with Crippen LogP contribution >= 0.6 is 0 Å². The molecule has 98 valence electrons. The van der Waals surface area contributed by atoms with E-state index in [-0.39, 0.29) is 11.2 Å². The number of carbonyl (C=O) groups is 1. The van der Waals surface area contributed by atoms with Gasteiger partial charge in [-0.2, -0.15) is 5.26 Å². The molecule has 1 N–H and O–H groups in total. The van der Waals surface area contributed by atoms with E-state index in [9.17, 15) is 10.1 Å². The monoisotopic (exact) mass is 255 g/mol. The quantitative estimate of drug-likeness (QED) is 0.915. The molecule has 1 atom stereocenters. The standard InChI is InChI=1S/C15H17N3O/c1-15(2,3)8-13(19)10(9-16)14-17-11-6-4-5-7-12(11)18-14/h4-7,10H,8H2,1-3H3,(H,17,18)/t10-/m0/s1. The first kappa shape index (κ1) is 13.3. The molecule has 0 amide bonds. The fourth-order valence-corrected chi connectivity index (χ4v) is 2.02. The number of rotatable bonds is 3. The smallest absolute Gasteiger partial charge is 0.162 e. The molecule has 4 nitrogen and oxygen atoms in total. The maximum absolute atomic E-state index is 12.2. The van der Waals surface area contributed by atoms with Gasteiger partial charge in [0, 0.05) is 6.42 Å². The second kappa shape index (κ2) is 4.85. The van der Waals surface area contributed by atoms with E-state index in [2.05, 4.69) is 16.0 Å². The van der Waals surface area contributed by atoms with Crippen LogP contribution in [0.4, 0.5) is 0 Å². The Morgan fingerprint density at radius 3 is 2.68 bits per heavy atom. The van der Waals surface area contributed by atoms with Gasteiger partial charge >= 0.3 is 0 Å². The average Bonchev–Trinajstić information content (AvgIpc) is 2.70. The summed E-state index contributed by atoms with van der Waals surface area (Å²) < 4.78 is 0. The van der Waals surface area contributed by atoms with Crippen molar-refractivity contribution >= 4 is 16.8 Å².